The molecule has 19 heavy (non-hydrogen) atoms. The molecule has 1 heterocycles. The zero-order valence-corrected chi connectivity index (χ0v) is 11.0. The van der Waals surface area contributed by atoms with Gasteiger partial charge in [0.05, 0.1) is 12.1 Å². The van der Waals surface area contributed by atoms with E-state index >= 15 is 0 Å². The Morgan fingerprint density at radius 2 is 2.11 bits per heavy atom. The molecule has 98 valence electrons. The maximum Gasteiger partial charge on any atom is 0.304 e. The highest BCUT2D eigenvalue weighted by molar-refractivity contribution is 5.69. The average molecular weight is 256 g/mol. The van der Waals surface area contributed by atoms with Gasteiger partial charge in [-0.25, -0.2) is 9.97 Å². The molecular weight excluding hydrogens is 240 g/mol. The lowest BCUT2D eigenvalue weighted by Crippen LogP contribution is -2.11. The van der Waals surface area contributed by atoms with Crippen molar-refractivity contribution in [3.63, 3.8) is 0 Å². The standard InChI is InChI=1S/C15H16N2O2/c1-10-3-4-12(11(2)7-10)13(8-15(18)19)14-5-6-16-9-17-14/h3-7,9,13H,8H2,1-2H3,(H,18,19). The Kier molecular flexibility index (Phi) is 3.90. The predicted molar refractivity (Wildman–Crippen MR) is 72.0 cm³/mol. The molecule has 1 aromatic carbocycles. The van der Waals surface area contributed by atoms with Crippen LogP contribution in [0.5, 0.6) is 0 Å². The summed E-state index contributed by atoms with van der Waals surface area (Å²) in [5.41, 5.74) is 4.00. The summed E-state index contributed by atoms with van der Waals surface area (Å²) in [4.78, 5) is 19.2. The van der Waals surface area contributed by atoms with E-state index in [0.717, 1.165) is 22.4 Å². The molecule has 0 saturated carbocycles. The minimum Gasteiger partial charge on any atom is -0.481 e. The van der Waals surface area contributed by atoms with Crippen LogP contribution in [0.25, 0.3) is 0 Å². The Hall–Kier alpha value is -2.23. The molecule has 0 saturated heterocycles. The fourth-order valence-corrected chi connectivity index (χ4v) is 2.27. The Morgan fingerprint density at radius 3 is 2.68 bits per heavy atom. The third-order valence-corrected chi connectivity index (χ3v) is 3.14. The van der Waals surface area contributed by atoms with Gasteiger partial charge in [0.25, 0.3) is 0 Å². The summed E-state index contributed by atoms with van der Waals surface area (Å²) in [6.45, 7) is 4.02. The highest BCUT2D eigenvalue weighted by Gasteiger charge is 2.20. The number of benzene rings is 1. The van der Waals surface area contributed by atoms with Gasteiger partial charge in [-0.15, -0.1) is 0 Å². The van der Waals surface area contributed by atoms with Crippen molar-refractivity contribution in [1.29, 1.82) is 0 Å². The molecule has 0 fully saturated rings. The molecule has 1 unspecified atom stereocenters. The van der Waals surface area contributed by atoms with Crippen LogP contribution in [0.1, 0.15) is 34.7 Å². The van der Waals surface area contributed by atoms with Gasteiger partial charge in [-0.3, -0.25) is 4.79 Å². The molecule has 0 amide bonds. The molecular formula is C15H16N2O2. The smallest absolute Gasteiger partial charge is 0.304 e. The summed E-state index contributed by atoms with van der Waals surface area (Å²) in [5, 5.41) is 9.11. The van der Waals surface area contributed by atoms with Gasteiger partial charge in [-0.2, -0.15) is 0 Å². The Balaban J connectivity index is 2.46. The second-order valence-electron chi connectivity index (χ2n) is 4.64. The second kappa shape index (κ2) is 5.61. The van der Waals surface area contributed by atoms with Crippen molar-refractivity contribution in [2.24, 2.45) is 0 Å². The van der Waals surface area contributed by atoms with Crippen molar-refractivity contribution in [1.82, 2.24) is 9.97 Å². The molecule has 0 spiro atoms. The minimum atomic E-state index is -0.830. The molecule has 1 N–H and O–H groups in total. The first-order valence-corrected chi connectivity index (χ1v) is 6.13. The van der Waals surface area contributed by atoms with E-state index < -0.39 is 5.97 Å². The number of aliphatic carboxylic acids is 1. The fourth-order valence-electron chi connectivity index (χ4n) is 2.27. The topological polar surface area (TPSA) is 63.1 Å². The number of hydrogen-bond acceptors (Lipinski definition) is 3. The Bertz CT molecular complexity index is 582. The first kappa shape index (κ1) is 13.2. The van der Waals surface area contributed by atoms with Crippen LogP contribution in [0.3, 0.4) is 0 Å². The van der Waals surface area contributed by atoms with Crippen LogP contribution in [-0.2, 0) is 4.79 Å². The predicted octanol–water partition coefficient (Wildman–Crippen LogP) is 2.70. The maximum absolute atomic E-state index is 11.1. The number of aryl methyl sites for hydroxylation is 2. The molecule has 4 heteroatoms. The molecule has 0 aliphatic carbocycles. The molecule has 4 nitrogen and oxygen atoms in total. The van der Waals surface area contributed by atoms with E-state index in [-0.39, 0.29) is 12.3 Å². The summed E-state index contributed by atoms with van der Waals surface area (Å²) < 4.78 is 0. The van der Waals surface area contributed by atoms with Gasteiger partial charge >= 0.3 is 5.97 Å². The van der Waals surface area contributed by atoms with E-state index in [1.807, 2.05) is 26.0 Å². The van der Waals surface area contributed by atoms with E-state index in [9.17, 15) is 4.79 Å². The minimum absolute atomic E-state index is 0.0287. The van der Waals surface area contributed by atoms with Crippen molar-refractivity contribution >= 4 is 5.97 Å². The molecule has 2 aromatic rings. The SMILES string of the molecule is Cc1ccc(C(CC(=O)O)c2ccncn2)c(C)c1. The van der Waals surface area contributed by atoms with Crippen LogP contribution in [0, 0.1) is 13.8 Å². The van der Waals surface area contributed by atoms with Crippen LogP contribution in [0.2, 0.25) is 0 Å². The number of carboxylic acid groups (broad SMARTS) is 1. The van der Waals surface area contributed by atoms with Crippen molar-refractivity contribution in [3.8, 4) is 0 Å². The van der Waals surface area contributed by atoms with E-state index in [1.165, 1.54) is 6.33 Å². The monoisotopic (exact) mass is 256 g/mol. The number of aromatic nitrogens is 2. The number of carboxylic acids is 1. The molecule has 1 atom stereocenters. The Labute approximate surface area is 112 Å². The van der Waals surface area contributed by atoms with Crippen molar-refractivity contribution < 1.29 is 9.90 Å². The first-order valence-electron chi connectivity index (χ1n) is 6.13. The van der Waals surface area contributed by atoms with E-state index in [4.69, 9.17) is 5.11 Å². The summed E-state index contributed by atoms with van der Waals surface area (Å²) >= 11 is 0. The van der Waals surface area contributed by atoms with Crippen molar-refractivity contribution in [2.45, 2.75) is 26.2 Å². The zero-order valence-electron chi connectivity index (χ0n) is 11.0. The highest BCUT2D eigenvalue weighted by atomic mass is 16.4. The van der Waals surface area contributed by atoms with Crippen molar-refractivity contribution in [3.05, 3.63) is 59.2 Å². The molecule has 2 rings (SSSR count). The average Bonchev–Trinajstić information content (AvgIpc) is 2.37. The third kappa shape index (κ3) is 3.16. The van der Waals surface area contributed by atoms with Crippen LogP contribution in [-0.4, -0.2) is 21.0 Å². The van der Waals surface area contributed by atoms with Gasteiger partial charge < -0.3 is 5.11 Å². The van der Waals surface area contributed by atoms with Gasteiger partial charge in [0, 0.05) is 12.1 Å². The van der Waals surface area contributed by atoms with Gasteiger partial charge in [0.2, 0.25) is 0 Å². The van der Waals surface area contributed by atoms with E-state index in [0.29, 0.717) is 0 Å². The lowest BCUT2D eigenvalue weighted by molar-refractivity contribution is -0.137. The maximum atomic E-state index is 11.1. The number of hydrogen-bond donors (Lipinski definition) is 1. The zero-order chi connectivity index (χ0) is 13.8. The van der Waals surface area contributed by atoms with Crippen LogP contribution < -0.4 is 0 Å². The van der Waals surface area contributed by atoms with Crippen LogP contribution >= 0.6 is 0 Å². The quantitative estimate of drug-likeness (QED) is 0.913. The summed E-state index contributed by atoms with van der Waals surface area (Å²) in [5.74, 6) is -1.07. The molecule has 1 aromatic heterocycles. The van der Waals surface area contributed by atoms with Gasteiger partial charge in [0.15, 0.2) is 0 Å². The number of rotatable bonds is 4. The number of carbonyl (C=O) groups is 1. The van der Waals surface area contributed by atoms with Crippen LogP contribution in [0.4, 0.5) is 0 Å². The van der Waals surface area contributed by atoms with E-state index in [2.05, 4.69) is 16.0 Å². The van der Waals surface area contributed by atoms with E-state index in [1.54, 1.807) is 12.3 Å². The molecule has 0 aliphatic heterocycles. The van der Waals surface area contributed by atoms with Gasteiger partial charge in [0.1, 0.15) is 6.33 Å². The fraction of sp³-hybridized carbons (Fsp3) is 0.267. The highest BCUT2D eigenvalue weighted by Crippen LogP contribution is 2.29. The largest absolute Gasteiger partial charge is 0.481 e. The number of nitrogens with zero attached hydrogens (tertiary/aromatic N) is 2. The third-order valence-electron chi connectivity index (χ3n) is 3.14. The molecule has 0 aliphatic rings. The van der Waals surface area contributed by atoms with Crippen LogP contribution in [0.15, 0.2) is 36.8 Å². The first-order chi connectivity index (χ1) is 9.08. The summed E-state index contributed by atoms with van der Waals surface area (Å²) in [7, 11) is 0. The lowest BCUT2D eigenvalue weighted by Gasteiger charge is -2.17. The summed E-state index contributed by atoms with van der Waals surface area (Å²) in [6, 6.07) is 7.82. The molecule has 0 radical (unpaired) electrons. The van der Waals surface area contributed by atoms with Gasteiger partial charge in [-0.05, 0) is 31.0 Å². The Morgan fingerprint density at radius 1 is 1.32 bits per heavy atom. The molecule has 0 bridgehead atoms. The van der Waals surface area contributed by atoms with Gasteiger partial charge in [-0.1, -0.05) is 23.8 Å². The second-order valence-corrected chi connectivity index (χ2v) is 4.64. The summed E-state index contributed by atoms with van der Waals surface area (Å²) in [6.07, 6.45) is 3.12. The lowest BCUT2D eigenvalue weighted by atomic mass is 9.88. The normalized spacial score (nSPS) is 12.1. The van der Waals surface area contributed by atoms with Crippen molar-refractivity contribution in [2.75, 3.05) is 0 Å².